The van der Waals surface area contributed by atoms with E-state index in [1.54, 1.807) is 0 Å². The first-order chi connectivity index (χ1) is 11.0. The second-order valence-corrected chi connectivity index (χ2v) is 6.86. The molecule has 122 valence electrons. The Morgan fingerprint density at radius 2 is 1.83 bits per heavy atom. The molecule has 0 atom stereocenters. The largest absolute Gasteiger partial charge is 0.491 e. The van der Waals surface area contributed by atoms with E-state index in [1.165, 1.54) is 0 Å². The molecule has 0 saturated heterocycles. The molecule has 0 heterocycles. The van der Waals surface area contributed by atoms with Crippen molar-refractivity contribution in [1.82, 2.24) is 0 Å². The van der Waals surface area contributed by atoms with Gasteiger partial charge in [0, 0.05) is 9.26 Å². The van der Waals surface area contributed by atoms with Crippen LogP contribution < -0.4 is 15.4 Å². The Bertz CT molecular complexity index is 642. The van der Waals surface area contributed by atoms with Gasteiger partial charge in [0.2, 0.25) is 5.91 Å². The van der Waals surface area contributed by atoms with Crippen LogP contribution in [0.15, 0.2) is 48.5 Å². The van der Waals surface area contributed by atoms with Crippen LogP contribution in [0.3, 0.4) is 0 Å². The molecule has 0 aromatic heterocycles. The predicted molar refractivity (Wildman–Crippen MR) is 103 cm³/mol. The molecular formula is C18H21IN2O2. The fraction of sp³-hybridized carbons (Fsp3) is 0.278. The van der Waals surface area contributed by atoms with Gasteiger partial charge in [-0.2, -0.15) is 0 Å². The minimum atomic E-state index is -0.0927. The van der Waals surface area contributed by atoms with Crippen LogP contribution in [-0.2, 0) is 4.79 Å². The molecule has 23 heavy (non-hydrogen) atoms. The highest BCUT2D eigenvalue weighted by atomic mass is 127. The number of halogens is 1. The maximum atomic E-state index is 12.0. The van der Waals surface area contributed by atoms with Gasteiger partial charge in [-0.15, -0.1) is 0 Å². The maximum Gasteiger partial charge on any atom is 0.243 e. The van der Waals surface area contributed by atoms with Crippen molar-refractivity contribution in [3.8, 4) is 5.75 Å². The van der Waals surface area contributed by atoms with Gasteiger partial charge in [-0.3, -0.25) is 4.79 Å². The van der Waals surface area contributed by atoms with Crippen LogP contribution in [0, 0.1) is 9.49 Å². The van der Waals surface area contributed by atoms with Crippen LogP contribution in [0.5, 0.6) is 5.75 Å². The lowest BCUT2D eigenvalue weighted by atomic mass is 10.2. The van der Waals surface area contributed by atoms with Gasteiger partial charge in [-0.05, 0) is 64.9 Å². The number of nitrogens with one attached hydrogen (secondary N) is 2. The third-order valence-electron chi connectivity index (χ3n) is 3.03. The number of rotatable bonds is 7. The minimum Gasteiger partial charge on any atom is -0.491 e. The second kappa shape index (κ2) is 8.76. The van der Waals surface area contributed by atoms with E-state index >= 15 is 0 Å². The van der Waals surface area contributed by atoms with E-state index in [9.17, 15) is 4.79 Å². The third-order valence-corrected chi connectivity index (χ3v) is 3.75. The summed E-state index contributed by atoms with van der Waals surface area (Å²) in [5.74, 6) is 1.13. The molecule has 0 radical (unpaired) electrons. The summed E-state index contributed by atoms with van der Waals surface area (Å²) in [5.41, 5.74) is 1.62. The summed E-state index contributed by atoms with van der Waals surface area (Å²) >= 11 is 2.23. The zero-order chi connectivity index (χ0) is 16.7. The van der Waals surface area contributed by atoms with E-state index < -0.39 is 0 Å². The standard InChI is InChI=1S/C18H21IN2O2/c1-13(2)12-23-17-6-4-3-5-16(17)20-11-18(22)21-15-9-7-14(19)8-10-15/h3-10,13,20H,11-12H2,1-2H3,(H,21,22). The van der Waals surface area contributed by atoms with E-state index in [0.29, 0.717) is 12.5 Å². The molecule has 0 aliphatic carbocycles. The molecule has 0 aliphatic heterocycles. The fourth-order valence-electron chi connectivity index (χ4n) is 1.91. The quantitative estimate of drug-likeness (QED) is 0.649. The molecule has 0 bridgehead atoms. The van der Waals surface area contributed by atoms with Crippen molar-refractivity contribution < 1.29 is 9.53 Å². The lowest BCUT2D eigenvalue weighted by Gasteiger charge is -2.14. The topological polar surface area (TPSA) is 50.4 Å². The smallest absolute Gasteiger partial charge is 0.243 e. The molecule has 2 aromatic carbocycles. The number of anilines is 2. The maximum absolute atomic E-state index is 12.0. The monoisotopic (exact) mass is 424 g/mol. The van der Waals surface area contributed by atoms with Crippen LogP contribution in [0.1, 0.15) is 13.8 Å². The number of hydrogen-bond acceptors (Lipinski definition) is 3. The van der Waals surface area contributed by atoms with E-state index in [-0.39, 0.29) is 12.5 Å². The molecule has 5 heteroatoms. The van der Waals surface area contributed by atoms with Gasteiger partial charge in [0.1, 0.15) is 5.75 Å². The first-order valence-electron chi connectivity index (χ1n) is 7.55. The van der Waals surface area contributed by atoms with E-state index in [0.717, 1.165) is 20.7 Å². The van der Waals surface area contributed by atoms with Gasteiger partial charge in [0.15, 0.2) is 0 Å². The second-order valence-electron chi connectivity index (χ2n) is 5.61. The van der Waals surface area contributed by atoms with Gasteiger partial charge in [0.25, 0.3) is 0 Å². The van der Waals surface area contributed by atoms with Gasteiger partial charge < -0.3 is 15.4 Å². The van der Waals surface area contributed by atoms with Gasteiger partial charge in [-0.1, -0.05) is 26.0 Å². The molecule has 0 spiro atoms. The minimum absolute atomic E-state index is 0.0927. The van der Waals surface area contributed by atoms with Crippen molar-refractivity contribution >= 4 is 39.9 Å². The zero-order valence-electron chi connectivity index (χ0n) is 13.3. The van der Waals surface area contributed by atoms with Gasteiger partial charge >= 0.3 is 0 Å². The summed E-state index contributed by atoms with van der Waals surface area (Å²) in [7, 11) is 0. The molecule has 2 rings (SSSR count). The summed E-state index contributed by atoms with van der Waals surface area (Å²) in [6, 6.07) is 15.3. The highest BCUT2D eigenvalue weighted by Gasteiger charge is 2.07. The van der Waals surface area contributed by atoms with Crippen molar-refractivity contribution in [3.05, 3.63) is 52.1 Å². The summed E-state index contributed by atoms with van der Waals surface area (Å²) in [6.45, 7) is 5.04. The summed E-state index contributed by atoms with van der Waals surface area (Å²) in [6.07, 6.45) is 0. The van der Waals surface area contributed by atoms with Crippen LogP contribution in [-0.4, -0.2) is 19.1 Å². The number of carbonyl (C=O) groups excluding carboxylic acids is 1. The first kappa shape index (κ1) is 17.6. The average molecular weight is 424 g/mol. The number of amides is 1. The number of benzene rings is 2. The van der Waals surface area contributed by atoms with Crippen molar-refractivity contribution in [2.24, 2.45) is 5.92 Å². The Hall–Kier alpha value is -1.76. The molecule has 0 aliphatic rings. The number of hydrogen-bond donors (Lipinski definition) is 2. The number of ether oxygens (including phenoxy) is 1. The average Bonchev–Trinajstić information content (AvgIpc) is 2.54. The van der Waals surface area contributed by atoms with Crippen molar-refractivity contribution in [2.45, 2.75) is 13.8 Å². The molecular weight excluding hydrogens is 403 g/mol. The normalized spacial score (nSPS) is 10.4. The molecule has 1 amide bonds. The summed E-state index contributed by atoms with van der Waals surface area (Å²) < 4.78 is 6.90. The predicted octanol–water partition coefficient (Wildman–Crippen LogP) is 4.38. The lowest BCUT2D eigenvalue weighted by molar-refractivity contribution is -0.114. The Labute approximate surface area is 150 Å². The third kappa shape index (κ3) is 6.09. The van der Waals surface area contributed by atoms with Crippen molar-refractivity contribution in [3.63, 3.8) is 0 Å². The van der Waals surface area contributed by atoms with Crippen LogP contribution in [0.25, 0.3) is 0 Å². The van der Waals surface area contributed by atoms with Crippen LogP contribution in [0.4, 0.5) is 11.4 Å². The Balaban J connectivity index is 1.89. The van der Waals surface area contributed by atoms with Crippen molar-refractivity contribution in [1.29, 1.82) is 0 Å². The van der Waals surface area contributed by atoms with E-state index in [4.69, 9.17) is 4.74 Å². The zero-order valence-corrected chi connectivity index (χ0v) is 15.5. The van der Waals surface area contributed by atoms with Crippen LogP contribution in [0.2, 0.25) is 0 Å². The van der Waals surface area contributed by atoms with Crippen molar-refractivity contribution in [2.75, 3.05) is 23.8 Å². The first-order valence-corrected chi connectivity index (χ1v) is 8.63. The SMILES string of the molecule is CC(C)COc1ccccc1NCC(=O)Nc1ccc(I)cc1. The Morgan fingerprint density at radius 3 is 2.52 bits per heavy atom. The van der Waals surface area contributed by atoms with E-state index in [1.807, 2.05) is 48.5 Å². The summed E-state index contributed by atoms with van der Waals surface area (Å²) in [4.78, 5) is 12.0. The Morgan fingerprint density at radius 1 is 1.13 bits per heavy atom. The summed E-state index contributed by atoms with van der Waals surface area (Å²) in [5, 5.41) is 5.99. The fourth-order valence-corrected chi connectivity index (χ4v) is 2.27. The lowest BCUT2D eigenvalue weighted by Crippen LogP contribution is -2.22. The molecule has 4 nitrogen and oxygen atoms in total. The molecule has 0 saturated carbocycles. The molecule has 2 aromatic rings. The molecule has 0 unspecified atom stereocenters. The number of para-hydroxylation sites is 2. The highest BCUT2D eigenvalue weighted by molar-refractivity contribution is 14.1. The molecule has 0 fully saturated rings. The van der Waals surface area contributed by atoms with Gasteiger partial charge in [-0.25, -0.2) is 0 Å². The number of carbonyl (C=O) groups is 1. The van der Waals surface area contributed by atoms with Crippen LogP contribution >= 0.6 is 22.6 Å². The van der Waals surface area contributed by atoms with Gasteiger partial charge in [0.05, 0.1) is 18.8 Å². The highest BCUT2D eigenvalue weighted by Crippen LogP contribution is 2.24. The molecule has 2 N–H and O–H groups in total. The Kier molecular flexibility index (Phi) is 6.70. The van der Waals surface area contributed by atoms with E-state index in [2.05, 4.69) is 47.1 Å².